The third kappa shape index (κ3) is 5.05. The summed E-state index contributed by atoms with van der Waals surface area (Å²) in [6, 6.07) is 0. The van der Waals surface area contributed by atoms with Crippen molar-refractivity contribution >= 4 is 6.21 Å². The summed E-state index contributed by atoms with van der Waals surface area (Å²) in [5.74, 6) is 0.582. The lowest BCUT2D eigenvalue weighted by atomic mass is 9.93. The maximum Gasteiger partial charge on any atom is 0.0457 e. The Morgan fingerprint density at radius 3 is 2.14 bits per heavy atom. The third-order valence-electron chi connectivity index (χ3n) is 2.43. The van der Waals surface area contributed by atoms with Crippen molar-refractivity contribution in [1.29, 1.82) is 0 Å². The maximum absolute atomic E-state index is 5.87. The molecule has 0 rings (SSSR count). The van der Waals surface area contributed by atoms with E-state index in [-0.39, 0.29) is 5.41 Å². The number of allylic oxidation sites excluding steroid dienone is 1. The van der Waals surface area contributed by atoms with Crippen LogP contribution in [0.2, 0.25) is 0 Å². The highest BCUT2D eigenvalue weighted by Crippen LogP contribution is 2.20. The number of nitrogens with two attached hydrogens (primary N) is 1. The Morgan fingerprint density at radius 1 is 1.29 bits per heavy atom. The van der Waals surface area contributed by atoms with Crippen LogP contribution in [0.1, 0.15) is 47.5 Å². The van der Waals surface area contributed by atoms with Gasteiger partial charge in [-0.3, -0.25) is 4.99 Å². The highest BCUT2D eigenvalue weighted by Gasteiger charge is 2.12. The normalized spacial score (nSPS) is 14.3. The van der Waals surface area contributed by atoms with Crippen LogP contribution < -0.4 is 5.73 Å². The molecule has 0 fully saturated rings. The van der Waals surface area contributed by atoms with Crippen LogP contribution in [-0.4, -0.2) is 6.21 Å². The first-order chi connectivity index (χ1) is 6.41. The van der Waals surface area contributed by atoms with E-state index < -0.39 is 0 Å². The van der Waals surface area contributed by atoms with Gasteiger partial charge in [-0.05, 0) is 18.8 Å². The lowest BCUT2D eigenvalue weighted by Crippen LogP contribution is -2.16. The van der Waals surface area contributed by atoms with Crippen LogP contribution in [0.15, 0.2) is 16.9 Å². The Morgan fingerprint density at radius 2 is 1.79 bits per heavy atom. The molecule has 0 aromatic rings. The van der Waals surface area contributed by atoms with Crippen LogP contribution >= 0.6 is 0 Å². The molecule has 2 heteroatoms. The first kappa shape index (κ1) is 13.2. The molecule has 0 amide bonds. The predicted octanol–water partition coefficient (Wildman–Crippen LogP) is 3.34. The summed E-state index contributed by atoms with van der Waals surface area (Å²) in [4.78, 5) is 4.27. The summed E-state index contributed by atoms with van der Waals surface area (Å²) in [6.07, 6.45) is 6.06. The van der Waals surface area contributed by atoms with E-state index >= 15 is 0 Å². The lowest BCUT2D eigenvalue weighted by Gasteiger charge is -2.17. The second-order valence-electron chi connectivity index (χ2n) is 4.71. The van der Waals surface area contributed by atoms with Crippen LogP contribution in [0.5, 0.6) is 0 Å². The van der Waals surface area contributed by atoms with Crippen molar-refractivity contribution in [1.82, 2.24) is 0 Å². The van der Waals surface area contributed by atoms with Gasteiger partial charge in [0.25, 0.3) is 0 Å². The van der Waals surface area contributed by atoms with Gasteiger partial charge in [-0.15, -0.1) is 0 Å². The Kier molecular flexibility index (Phi) is 5.51. The van der Waals surface area contributed by atoms with Gasteiger partial charge in [-0.25, -0.2) is 0 Å². The first-order valence-corrected chi connectivity index (χ1v) is 5.41. The topological polar surface area (TPSA) is 38.4 Å². The van der Waals surface area contributed by atoms with Crippen molar-refractivity contribution in [2.75, 3.05) is 0 Å². The Hall–Kier alpha value is -0.790. The van der Waals surface area contributed by atoms with E-state index in [1.807, 2.05) is 6.21 Å². The van der Waals surface area contributed by atoms with Gasteiger partial charge in [0.2, 0.25) is 0 Å². The van der Waals surface area contributed by atoms with E-state index in [0.717, 1.165) is 18.5 Å². The molecule has 0 atom stereocenters. The van der Waals surface area contributed by atoms with E-state index in [1.165, 1.54) is 0 Å². The van der Waals surface area contributed by atoms with Crippen LogP contribution in [0.3, 0.4) is 0 Å². The second kappa shape index (κ2) is 5.84. The van der Waals surface area contributed by atoms with Crippen molar-refractivity contribution in [3.8, 4) is 0 Å². The van der Waals surface area contributed by atoms with Crippen molar-refractivity contribution in [3.63, 3.8) is 0 Å². The van der Waals surface area contributed by atoms with Gasteiger partial charge in [-0.1, -0.05) is 34.6 Å². The predicted molar refractivity (Wildman–Crippen MR) is 64.3 cm³/mol. The molecule has 82 valence electrons. The molecule has 2 nitrogen and oxygen atoms in total. The molecule has 0 aromatic carbocycles. The van der Waals surface area contributed by atoms with Crippen LogP contribution in [0.25, 0.3) is 0 Å². The molecular formula is C12H24N2. The molecule has 0 heterocycles. The molecule has 0 aromatic heterocycles. The van der Waals surface area contributed by atoms with E-state index in [9.17, 15) is 0 Å². The number of aliphatic imine (C=N–C) groups is 1. The minimum absolute atomic E-state index is 0.0191. The largest absolute Gasteiger partial charge is 0.400 e. The zero-order valence-electron chi connectivity index (χ0n) is 10.2. The quantitative estimate of drug-likeness (QED) is 0.688. The van der Waals surface area contributed by atoms with E-state index in [0.29, 0.717) is 5.92 Å². The van der Waals surface area contributed by atoms with Gasteiger partial charge >= 0.3 is 0 Å². The van der Waals surface area contributed by atoms with Gasteiger partial charge in [0.1, 0.15) is 0 Å². The third-order valence-corrected chi connectivity index (χ3v) is 2.43. The van der Waals surface area contributed by atoms with Crippen molar-refractivity contribution < 1.29 is 0 Å². The molecule has 0 spiro atoms. The van der Waals surface area contributed by atoms with Crippen molar-refractivity contribution in [3.05, 3.63) is 11.9 Å². The Bertz CT molecular complexity index is 205. The molecular weight excluding hydrogens is 172 g/mol. The van der Waals surface area contributed by atoms with Gasteiger partial charge in [0.15, 0.2) is 0 Å². The second-order valence-corrected chi connectivity index (χ2v) is 4.71. The maximum atomic E-state index is 5.87. The Balaban J connectivity index is 4.27. The van der Waals surface area contributed by atoms with Crippen LogP contribution in [0, 0.1) is 11.3 Å². The minimum Gasteiger partial charge on any atom is -0.400 e. The van der Waals surface area contributed by atoms with Gasteiger partial charge in [-0.2, -0.15) is 0 Å². The SMILES string of the molecule is CCC(/C=N\C=C(/N)C(C)(C)C)CC. The van der Waals surface area contributed by atoms with Gasteiger partial charge in [0.05, 0.1) is 0 Å². The number of hydrogen-bond acceptors (Lipinski definition) is 2. The molecule has 0 saturated heterocycles. The van der Waals surface area contributed by atoms with Crippen molar-refractivity contribution in [2.45, 2.75) is 47.5 Å². The van der Waals surface area contributed by atoms with E-state index in [4.69, 9.17) is 5.73 Å². The summed E-state index contributed by atoms with van der Waals surface area (Å²) in [5, 5.41) is 0. The summed E-state index contributed by atoms with van der Waals surface area (Å²) >= 11 is 0. The zero-order valence-corrected chi connectivity index (χ0v) is 10.2. The average Bonchev–Trinajstić information content (AvgIpc) is 2.10. The van der Waals surface area contributed by atoms with Gasteiger partial charge < -0.3 is 5.73 Å². The molecule has 0 aliphatic rings. The van der Waals surface area contributed by atoms with Crippen LogP contribution in [-0.2, 0) is 0 Å². The zero-order chi connectivity index (χ0) is 11.2. The fraction of sp³-hybridized carbons (Fsp3) is 0.750. The lowest BCUT2D eigenvalue weighted by molar-refractivity contribution is 0.496. The van der Waals surface area contributed by atoms with E-state index in [2.05, 4.69) is 39.6 Å². The summed E-state index contributed by atoms with van der Waals surface area (Å²) in [6.45, 7) is 10.6. The number of hydrogen-bond donors (Lipinski definition) is 1. The smallest absolute Gasteiger partial charge is 0.0457 e. The van der Waals surface area contributed by atoms with E-state index in [1.54, 1.807) is 6.20 Å². The molecule has 2 N–H and O–H groups in total. The monoisotopic (exact) mass is 196 g/mol. The molecule has 0 unspecified atom stereocenters. The highest BCUT2D eigenvalue weighted by molar-refractivity contribution is 5.61. The molecule has 0 saturated carbocycles. The summed E-state index contributed by atoms with van der Waals surface area (Å²) in [7, 11) is 0. The molecule has 0 bridgehead atoms. The Labute approximate surface area is 88.3 Å². The number of rotatable bonds is 4. The summed E-state index contributed by atoms with van der Waals surface area (Å²) < 4.78 is 0. The van der Waals surface area contributed by atoms with Crippen molar-refractivity contribution in [2.24, 2.45) is 22.1 Å². The molecule has 0 aliphatic carbocycles. The summed E-state index contributed by atoms with van der Waals surface area (Å²) in [5.41, 5.74) is 6.72. The molecule has 0 radical (unpaired) electrons. The number of nitrogens with zero attached hydrogens (tertiary/aromatic N) is 1. The highest BCUT2D eigenvalue weighted by atomic mass is 14.7. The van der Waals surface area contributed by atoms with Gasteiger partial charge in [0, 0.05) is 23.5 Å². The molecule has 14 heavy (non-hydrogen) atoms. The van der Waals surface area contributed by atoms with Crippen LogP contribution in [0.4, 0.5) is 0 Å². The minimum atomic E-state index is 0.0191. The first-order valence-electron chi connectivity index (χ1n) is 5.41. The molecule has 0 aliphatic heterocycles. The fourth-order valence-electron chi connectivity index (χ4n) is 0.938. The standard InChI is InChI=1S/C12H24N2/c1-6-10(7-2)8-14-9-11(13)12(3,4)5/h8-10H,6-7,13H2,1-5H3/b11-9-,14-8-. The fourth-order valence-corrected chi connectivity index (χ4v) is 0.938. The average molecular weight is 196 g/mol.